The van der Waals surface area contributed by atoms with E-state index in [1.54, 1.807) is 12.4 Å². The molecule has 0 bridgehead atoms. The largest absolute Gasteiger partial charge is 0.355 e. The molecule has 2 aromatic rings. The Bertz CT molecular complexity index is 664. The highest BCUT2D eigenvalue weighted by atomic mass is 15.2. The van der Waals surface area contributed by atoms with E-state index >= 15 is 0 Å². The van der Waals surface area contributed by atoms with Gasteiger partial charge in [0.15, 0.2) is 5.69 Å². The minimum Gasteiger partial charge on any atom is -0.355 e. The number of rotatable bonds is 5. The molecule has 1 unspecified atom stereocenters. The number of pyridine rings is 1. The Morgan fingerprint density at radius 1 is 1.35 bits per heavy atom. The Labute approximate surface area is 136 Å². The molecule has 3 rings (SSSR count). The molecule has 118 valence electrons. The molecule has 0 aromatic carbocycles. The summed E-state index contributed by atoms with van der Waals surface area (Å²) < 4.78 is 0. The first kappa shape index (κ1) is 15.4. The highest BCUT2D eigenvalue weighted by Crippen LogP contribution is 2.22. The highest BCUT2D eigenvalue weighted by Gasteiger charge is 2.24. The quantitative estimate of drug-likeness (QED) is 0.837. The van der Waals surface area contributed by atoms with E-state index < -0.39 is 0 Å². The van der Waals surface area contributed by atoms with Crippen LogP contribution in [0.5, 0.6) is 0 Å². The van der Waals surface area contributed by atoms with Crippen LogP contribution in [0.25, 0.3) is 0 Å². The molecule has 0 aliphatic carbocycles. The van der Waals surface area contributed by atoms with Crippen LogP contribution >= 0.6 is 0 Å². The lowest BCUT2D eigenvalue weighted by Crippen LogP contribution is -2.28. The molecular weight excluding hydrogens is 288 g/mol. The molecule has 6 nitrogen and oxygen atoms in total. The smallest absolute Gasteiger partial charge is 0.158 e. The second kappa shape index (κ2) is 7.16. The fourth-order valence-corrected chi connectivity index (χ4v) is 3.04. The summed E-state index contributed by atoms with van der Waals surface area (Å²) >= 11 is 0. The summed E-state index contributed by atoms with van der Waals surface area (Å²) in [6.45, 7) is 3.94. The maximum Gasteiger partial charge on any atom is 0.158 e. The zero-order chi connectivity index (χ0) is 16.1. The van der Waals surface area contributed by atoms with Gasteiger partial charge in [-0.05, 0) is 31.0 Å². The van der Waals surface area contributed by atoms with Crippen molar-refractivity contribution in [1.29, 1.82) is 5.26 Å². The predicted molar refractivity (Wildman–Crippen MR) is 87.6 cm³/mol. The van der Waals surface area contributed by atoms with E-state index in [2.05, 4.69) is 37.9 Å². The molecule has 23 heavy (non-hydrogen) atoms. The Hall–Kier alpha value is -2.52. The van der Waals surface area contributed by atoms with Crippen molar-refractivity contribution in [2.75, 3.05) is 31.6 Å². The Kier molecular flexibility index (Phi) is 4.79. The number of anilines is 1. The van der Waals surface area contributed by atoms with E-state index in [-0.39, 0.29) is 0 Å². The first-order valence-electron chi connectivity index (χ1n) is 7.79. The molecule has 1 atom stereocenters. The molecule has 0 N–H and O–H groups in total. The van der Waals surface area contributed by atoms with Crippen LogP contribution in [0.4, 0.5) is 5.82 Å². The minimum absolute atomic E-state index is 0.362. The van der Waals surface area contributed by atoms with Crippen LogP contribution in [0.1, 0.15) is 17.7 Å². The van der Waals surface area contributed by atoms with Crippen LogP contribution < -0.4 is 4.90 Å². The van der Waals surface area contributed by atoms with Crippen LogP contribution in [-0.4, -0.2) is 46.5 Å². The average Bonchev–Trinajstić information content (AvgIpc) is 3.04. The summed E-state index contributed by atoms with van der Waals surface area (Å²) in [4.78, 5) is 17.2. The average molecular weight is 308 g/mol. The van der Waals surface area contributed by atoms with E-state index in [1.165, 1.54) is 11.8 Å². The van der Waals surface area contributed by atoms with Crippen LogP contribution in [0.2, 0.25) is 0 Å². The van der Waals surface area contributed by atoms with Gasteiger partial charge in [-0.3, -0.25) is 4.98 Å². The fraction of sp³-hybridized carbons (Fsp3) is 0.412. The van der Waals surface area contributed by atoms with E-state index in [0.717, 1.165) is 38.4 Å². The Balaban J connectivity index is 1.52. The van der Waals surface area contributed by atoms with Gasteiger partial charge in [-0.15, -0.1) is 0 Å². The summed E-state index contributed by atoms with van der Waals surface area (Å²) in [5, 5.41) is 8.78. The zero-order valence-corrected chi connectivity index (χ0v) is 13.3. The number of nitriles is 1. The third-order valence-corrected chi connectivity index (χ3v) is 4.11. The first-order chi connectivity index (χ1) is 11.2. The second-order valence-electron chi connectivity index (χ2n) is 6.03. The fourth-order valence-electron chi connectivity index (χ4n) is 3.04. The van der Waals surface area contributed by atoms with E-state index in [0.29, 0.717) is 11.6 Å². The van der Waals surface area contributed by atoms with E-state index in [4.69, 9.17) is 5.26 Å². The number of hydrogen-bond donors (Lipinski definition) is 0. The molecular formula is C17H20N6. The van der Waals surface area contributed by atoms with Crippen molar-refractivity contribution in [2.45, 2.75) is 13.0 Å². The summed E-state index contributed by atoms with van der Waals surface area (Å²) in [7, 11) is 2.15. The monoisotopic (exact) mass is 308 g/mol. The van der Waals surface area contributed by atoms with Crippen molar-refractivity contribution in [3.63, 3.8) is 0 Å². The SMILES string of the molecule is CN(Cc1cccnc1)CC1CCN(c2cnc(C#N)cn2)C1. The van der Waals surface area contributed by atoms with Crippen molar-refractivity contribution >= 4 is 5.82 Å². The third kappa shape index (κ3) is 4.02. The van der Waals surface area contributed by atoms with Gasteiger partial charge in [-0.2, -0.15) is 5.26 Å². The van der Waals surface area contributed by atoms with Gasteiger partial charge in [-0.1, -0.05) is 6.07 Å². The van der Waals surface area contributed by atoms with Crippen LogP contribution in [0, 0.1) is 17.2 Å². The summed E-state index contributed by atoms with van der Waals surface area (Å²) in [5.74, 6) is 1.48. The van der Waals surface area contributed by atoms with E-state index in [9.17, 15) is 0 Å². The van der Waals surface area contributed by atoms with E-state index in [1.807, 2.05) is 18.3 Å². The highest BCUT2D eigenvalue weighted by molar-refractivity contribution is 5.38. The van der Waals surface area contributed by atoms with Crippen LogP contribution in [0.3, 0.4) is 0 Å². The lowest BCUT2D eigenvalue weighted by molar-refractivity contribution is 0.279. The number of aromatic nitrogens is 3. The lowest BCUT2D eigenvalue weighted by Gasteiger charge is -2.21. The third-order valence-electron chi connectivity index (χ3n) is 4.11. The second-order valence-corrected chi connectivity index (χ2v) is 6.03. The molecule has 1 aliphatic rings. The minimum atomic E-state index is 0.362. The molecule has 3 heterocycles. The van der Waals surface area contributed by atoms with Gasteiger partial charge in [0.05, 0.1) is 12.4 Å². The predicted octanol–water partition coefficient (Wildman–Crippen LogP) is 1.70. The molecule has 0 spiro atoms. The van der Waals surface area contributed by atoms with Gasteiger partial charge in [0.25, 0.3) is 0 Å². The van der Waals surface area contributed by atoms with Gasteiger partial charge in [0, 0.05) is 38.6 Å². The van der Waals surface area contributed by atoms with Gasteiger partial charge >= 0.3 is 0 Å². The molecule has 0 amide bonds. The van der Waals surface area contributed by atoms with Gasteiger partial charge in [0.2, 0.25) is 0 Å². The van der Waals surface area contributed by atoms with Crippen LogP contribution in [-0.2, 0) is 6.54 Å². The van der Waals surface area contributed by atoms with Crippen molar-refractivity contribution < 1.29 is 0 Å². The van der Waals surface area contributed by atoms with Crippen molar-refractivity contribution in [3.8, 4) is 6.07 Å². The molecule has 1 fully saturated rings. The molecule has 6 heteroatoms. The van der Waals surface area contributed by atoms with Gasteiger partial charge in [0.1, 0.15) is 11.9 Å². The normalized spacial score (nSPS) is 17.4. The van der Waals surface area contributed by atoms with Gasteiger partial charge in [-0.25, -0.2) is 9.97 Å². The standard InChI is InChI=1S/C17H20N6/c1-22(11-14-3-2-5-19-8-14)12-15-4-6-23(13-15)17-10-20-16(7-18)9-21-17/h2-3,5,8-10,15H,4,6,11-13H2,1H3. The molecule has 0 radical (unpaired) electrons. The Morgan fingerprint density at radius 2 is 2.26 bits per heavy atom. The molecule has 2 aromatic heterocycles. The zero-order valence-electron chi connectivity index (χ0n) is 13.3. The summed E-state index contributed by atoms with van der Waals surface area (Å²) in [6.07, 6.45) is 8.11. The topological polar surface area (TPSA) is 68.9 Å². The maximum atomic E-state index is 8.78. The molecule has 1 saturated heterocycles. The Morgan fingerprint density at radius 3 is 2.96 bits per heavy atom. The summed E-state index contributed by atoms with van der Waals surface area (Å²) in [6, 6.07) is 6.08. The van der Waals surface area contributed by atoms with Gasteiger partial charge < -0.3 is 9.80 Å². The molecule has 0 saturated carbocycles. The van der Waals surface area contributed by atoms with Crippen molar-refractivity contribution in [1.82, 2.24) is 19.9 Å². The molecule has 1 aliphatic heterocycles. The number of nitrogens with zero attached hydrogens (tertiary/aromatic N) is 6. The van der Waals surface area contributed by atoms with Crippen LogP contribution in [0.15, 0.2) is 36.9 Å². The summed E-state index contributed by atoms with van der Waals surface area (Å²) in [5.41, 5.74) is 1.60. The van der Waals surface area contributed by atoms with Crippen molar-refractivity contribution in [2.24, 2.45) is 5.92 Å². The number of hydrogen-bond acceptors (Lipinski definition) is 6. The van der Waals surface area contributed by atoms with Crippen molar-refractivity contribution in [3.05, 3.63) is 48.2 Å². The lowest BCUT2D eigenvalue weighted by atomic mass is 10.1. The first-order valence-corrected chi connectivity index (χ1v) is 7.79. The maximum absolute atomic E-state index is 8.78.